The van der Waals surface area contributed by atoms with E-state index in [4.69, 9.17) is 0 Å². The highest BCUT2D eigenvalue weighted by atomic mass is 16.3. The molecule has 146 valence electrons. The summed E-state index contributed by atoms with van der Waals surface area (Å²) >= 11 is 0. The van der Waals surface area contributed by atoms with Gasteiger partial charge in [0.05, 0.1) is 6.61 Å². The second-order valence-electron chi connectivity index (χ2n) is 7.95. The summed E-state index contributed by atoms with van der Waals surface area (Å²) in [7, 11) is 2.02. The van der Waals surface area contributed by atoms with Crippen molar-refractivity contribution < 1.29 is 9.90 Å². The number of aryl methyl sites for hydroxylation is 2. The fourth-order valence-corrected chi connectivity index (χ4v) is 4.57. The van der Waals surface area contributed by atoms with E-state index in [9.17, 15) is 9.90 Å². The van der Waals surface area contributed by atoms with Gasteiger partial charge < -0.3 is 19.5 Å². The number of amides is 1. The SMILES string of the molecule is Cn1ccnc1CCN1CC2CN(C(=O)CCn3cccn3)CC2(CO)C1. The lowest BCUT2D eigenvalue weighted by molar-refractivity contribution is -0.131. The number of nitrogens with zero attached hydrogens (tertiary/aromatic N) is 6. The summed E-state index contributed by atoms with van der Waals surface area (Å²) in [6.45, 7) is 4.88. The van der Waals surface area contributed by atoms with Crippen LogP contribution in [0.4, 0.5) is 0 Å². The number of hydrogen-bond acceptors (Lipinski definition) is 5. The quantitative estimate of drug-likeness (QED) is 0.740. The molecule has 1 N–H and O–H groups in total. The first-order valence-electron chi connectivity index (χ1n) is 9.64. The van der Waals surface area contributed by atoms with Crippen LogP contribution in [0.5, 0.6) is 0 Å². The standard InChI is InChI=1S/C19H28N6O2/c1-22-10-6-20-17(22)3-8-23-11-16-12-24(14-19(16,13-23)15-26)18(27)4-9-25-7-2-5-21-25/h2,5-7,10,16,26H,3-4,8-9,11-15H2,1H3. The van der Waals surface area contributed by atoms with Crippen LogP contribution in [-0.4, -0.2) is 79.5 Å². The van der Waals surface area contributed by atoms with Crippen molar-refractivity contribution in [2.45, 2.75) is 19.4 Å². The maximum atomic E-state index is 12.6. The van der Waals surface area contributed by atoms with E-state index in [1.807, 2.05) is 36.6 Å². The van der Waals surface area contributed by atoms with Crippen molar-refractivity contribution in [1.82, 2.24) is 29.1 Å². The van der Waals surface area contributed by atoms with Gasteiger partial charge in [-0.05, 0) is 12.0 Å². The molecule has 0 spiro atoms. The van der Waals surface area contributed by atoms with Crippen molar-refractivity contribution >= 4 is 5.91 Å². The number of aromatic nitrogens is 4. The third-order valence-electron chi connectivity index (χ3n) is 6.18. The van der Waals surface area contributed by atoms with E-state index < -0.39 is 0 Å². The number of fused-ring (bicyclic) bond motifs is 1. The van der Waals surface area contributed by atoms with E-state index in [1.165, 1.54) is 0 Å². The van der Waals surface area contributed by atoms with Gasteiger partial charge in [-0.15, -0.1) is 0 Å². The van der Waals surface area contributed by atoms with Gasteiger partial charge in [0.1, 0.15) is 5.82 Å². The Morgan fingerprint density at radius 2 is 2.15 bits per heavy atom. The van der Waals surface area contributed by atoms with Crippen molar-refractivity contribution in [1.29, 1.82) is 0 Å². The van der Waals surface area contributed by atoms with Crippen LogP contribution in [0.25, 0.3) is 0 Å². The van der Waals surface area contributed by atoms with Crippen molar-refractivity contribution in [2.75, 3.05) is 39.3 Å². The third kappa shape index (κ3) is 3.64. The van der Waals surface area contributed by atoms with Crippen LogP contribution in [0.2, 0.25) is 0 Å². The summed E-state index contributed by atoms with van der Waals surface area (Å²) in [5.41, 5.74) is -0.178. The zero-order valence-corrected chi connectivity index (χ0v) is 15.9. The van der Waals surface area contributed by atoms with Crippen LogP contribution in [0, 0.1) is 11.3 Å². The number of aliphatic hydroxyl groups is 1. The number of rotatable bonds is 7. The molecule has 8 nitrogen and oxygen atoms in total. The van der Waals surface area contributed by atoms with E-state index in [0.717, 1.165) is 38.4 Å². The Balaban J connectivity index is 1.31. The van der Waals surface area contributed by atoms with Gasteiger partial charge >= 0.3 is 0 Å². The first-order chi connectivity index (χ1) is 13.1. The lowest BCUT2D eigenvalue weighted by Crippen LogP contribution is -2.39. The predicted octanol–water partition coefficient (Wildman–Crippen LogP) is 0.00210. The van der Waals surface area contributed by atoms with E-state index in [1.54, 1.807) is 10.9 Å². The van der Waals surface area contributed by atoms with Gasteiger partial charge in [-0.1, -0.05) is 0 Å². The van der Waals surface area contributed by atoms with E-state index in [2.05, 4.69) is 19.5 Å². The molecule has 2 saturated heterocycles. The van der Waals surface area contributed by atoms with E-state index in [-0.39, 0.29) is 17.9 Å². The second-order valence-corrected chi connectivity index (χ2v) is 7.95. The average Bonchev–Trinajstić information content (AvgIpc) is 3.42. The van der Waals surface area contributed by atoms with Crippen molar-refractivity contribution in [3.05, 3.63) is 36.7 Å². The average molecular weight is 372 g/mol. The Hall–Kier alpha value is -2.19. The molecule has 2 aliphatic rings. The molecule has 0 bridgehead atoms. The molecular formula is C19H28N6O2. The fourth-order valence-electron chi connectivity index (χ4n) is 4.57. The fraction of sp³-hybridized carbons (Fsp3) is 0.632. The molecule has 8 heteroatoms. The molecule has 1 amide bonds. The van der Waals surface area contributed by atoms with Crippen molar-refractivity contribution in [3.8, 4) is 0 Å². The van der Waals surface area contributed by atoms with Crippen LogP contribution in [0.1, 0.15) is 12.2 Å². The second kappa shape index (κ2) is 7.44. The Morgan fingerprint density at radius 3 is 2.81 bits per heavy atom. The van der Waals surface area contributed by atoms with Gasteiger partial charge in [0.25, 0.3) is 0 Å². The van der Waals surface area contributed by atoms with Crippen LogP contribution in [-0.2, 0) is 24.8 Å². The maximum absolute atomic E-state index is 12.6. The number of aliphatic hydroxyl groups excluding tert-OH is 1. The molecule has 27 heavy (non-hydrogen) atoms. The smallest absolute Gasteiger partial charge is 0.224 e. The van der Waals surface area contributed by atoms with Gasteiger partial charge in [0, 0.05) is 89.4 Å². The monoisotopic (exact) mass is 372 g/mol. The molecule has 2 aromatic heterocycles. The first-order valence-corrected chi connectivity index (χ1v) is 9.64. The zero-order chi connectivity index (χ0) is 18.9. The van der Waals surface area contributed by atoms with Crippen LogP contribution in [0.15, 0.2) is 30.9 Å². The lowest BCUT2D eigenvalue weighted by atomic mass is 9.82. The number of carbonyl (C=O) groups excluding carboxylic acids is 1. The van der Waals surface area contributed by atoms with Gasteiger partial charge in [-0.3, -0.25) is 9.48 Å². The maximum Gasteiger partial charge on any atom is 0.224 e. The number of likely N-dealkylation sites (tertiary alicyclic amines) is 2. The van der Waals surface area contributed by atoms with Gasteiger partial charge in [0.2, 0.25) is 5.91 Å². The third-order valence-corrected chi connectivity index (χ3v) is 6.18. The van der Waals surface area contributed by atoms with E-state index >= 15 is 0 Å². The van der Waals surface area contributed by atoms with Gasteiger partial charge in [-0.25, -0.2) is 4.98 Å². The molecule has 2 unspecified atom stereocenters. The Labute approximate surface area is 159 Å². The molecule has 2 aromatic rings. The summed E-state index contributed by atoms with van der Waals surface area (Å²) in [4.78, 5) is 21.4. The Bertz CT molecular complexity index is 773. The largest absolute Gasteiger partial charge is 0.396 e. The molecule has 2 aliphatic heterocycles. The minimum Gasteiger partial charge on any atom is -0.396 e. The molecule has 0 radical (unpaired) electrons. The summed E-state index contributed by atoms with van der Waals surface area (Å²) < 4.78 is 3.84. The molecule has 0 saturated carbocycles. The highest BCUT2D eigenvalue weighted by Gasteiger charge is 2.52. The summed E-state index contributed by atoms with van der Waals surface area (Å²) in [5, 5.41) is 14.3. The van der Waals surface area contributed by atoms with Crippen LogP contribution >= 0.6 is 0 Å². The zero-order valence-electron chi connectivity index (χ0n) is 15.9. The van der Waals surface area contributed by atoms with Crippen molar-refractivity contribution in [3.63, 3.8) is 0 Å². The van der Waals surface area contributed by atoms with E-state index in [0.29, 0.717) is 25.4 Å². The highest BCUT2D eigenvalue weighted by molar-refractivity contribution is 5.76. The number of imidazole rings is 1. The van der Waals surface area contributed by atoms with Crippen LogP contribution < -0.4 is 0 Å². The normalized spacial score (nSPS) is 25.3. The number of hydrogen-bond donors (Lipinski definition) is 1. The molecule has 4 heterocycles. The molecule has 2 fully saturated rings. The Morgan fingerprint density at radius 1 is 1.26 bits per heavy atom. The topological polar surface area (TPSA) is 79.4 Å². The minimum atomic E-state index is -0.178. The Kier molecular flexibility index (Phi) is 5.01. The highest BCUT2D eigenvalue weighted by Crippen LogP contribution is 2.42. The summed E-state index contributed by atoms with van der Waals surface area (Å²) in [6, 6.07) is 1.87. The van der Waals surface area contributed by atoms with Gasteiger partial charge in [0.15, 0.2) is 0 Å². The lowest BCUT2D eigenvalue weighted by Gasteiger charge is -2.27. The molecular weight excluding hydrogens is 344 g/mol. The van der Waals surface area contributed by atoms with Gasteiger partial charge in [-0.2, -0.15) is 5.10 Å². The number of carbonyl (C=O) groups is 1. The molecule has 4 rings (SSSR count). The molecule has 0 aliphatic carbocycles. The van der Waals surface area contributed by atoms with Crippen molar-refractivity contribution in [2.24, 2.45) is 18.4 Å². The summed E-state index contributed by atoms with van der Waals surface area (Å²) in [5.74, 6) is 1.59. The first kappa shape index (κ1) is 18.2. The summed E-state index contributed by atoms with van der Waals surface area (Å²) in [6.07, 6.45) is 8.76. The molecule has 2 atom stereocenters. The minimum absolute atomic E-state index is 0.138. The molecule has 0 aromatic carbocycles. The predicted molar refractivity (Wildman–Crippen MR) is 99.8 cm³/mol. The van der Waals surface area contributed by atoms with Crippen LogP contribution in [0.3, 0.4) is 0 Å².